The first-order valence-electron chi connectivity index (χ1n) is 8.44. The third kappa shape index (κ3) is 3.80. The van der Waals surface area contributed by atoms with Gasteiger partial charge in [0.05, 0.1) is 12.7 Å². The van der Waals surface area contributed by atoms with Gasteiger partial charge in [-0.15, -0.1) is 0 Å². The molecule has 1 atom stereocenters. The summed E-state index contributed by atoms with van der Waals surface area (Å²) in [5.41, 5.74) is 2.19. The third-order valence-corrected chi connectivity index (χ3v) is 4.73. The van der Waals surface area contributed by atoms with Crippen LogP contribution in [0.3, 0.4) is 0 Å². The SMILES string of the molecule is CN1CC[C@H](Nc2cccc(COC3CCCCC3)c2)C1=O. The fourth-order valence-corrected chi connectivity index (χ4v) is 3.35. The van der Waals surface area contributed by atoms with E-state index in [0.717, 1.165) is 18.7 Å². The van der Waals surface area contributed by atoms with Crippen molar-refractivity contribution in [2.75, 3.05) is 18.9 Å². The lowest BCUT2D eigenvalue weighted by Crippen LogP contribution is -2.30. The Morgan fingerprint density at radius 1 is 1.23 bits per heavy atom. The molecular weight excluding hydrogens is 276 g/mol. The number of carbonyl (C=O) groups excluding carboxylic acids is 1. The smallest absolute Gasteiger partial charge is 0.244 e. The molecule has 4 heteroatoms. The first kappa shape index (κ1) is 15.3. The molecule has 0 spiro atoms. The third-order valence-electron chi connectivity index (χ3n) is 4.73. The number of hydrogen-bond donors (Lipinski definition) is 1. The van der Waals surface area contributed by atoms with Crippen molar-refractivity contribution in [2.24, 2.45) is 0 Å². The highest BCUT2D eigenvalue weighted by atomic mass is 16.5. The van der Waals surface area contributed by atoms with Crippen molar-refractivity contribution < 1.29 is 9.53 Å². The van der Waals surface area contributed by atoms with E-state index in [2.05, 4.69) is 17.4 Å². The highest BCUT2D eigenvalue weighted by Crippen LogP contribution is 2.22. The number of amides is 1. The Hall–Kier alpha value is -1.55. The molecule has 1 saturated carbocycles. The van der Waals surface area contributed by atoms with Gasteiger partial charge in [0.2, 0.25) is 5.91 Å². The maximum absolute atomic E-state index is 12.0. The molecule has 22 heavy (non-hydrogen) atoms. The number of ether oxygens (including phenoxy) is 1. The van der Waals surface area contributed by atoms with E-state index < -0.39 is 0 Å². The first-order valence-corrected chi connectivity index (χ1v) is 8.44. The van der Waals surface area contributed by atoms with Crippen molar-refractivity contribution >= 4 is 11.6 Å². The van der Waals surface area contributed by atoms with Gasteiger partial charge in [-0.25, -0.2) is 0 Å². The monoisotopic (exact) mass is 302 g/mol. The van der Waals surface area contributed by atoms with Crippen LogP contribution in [-0.2, 0) is 16.1 Å². The maximum atomic E-state index is 12.0. The molecule has 4 nitrogen and oxygen atoms in total. The molecule has 2 fully saturated rings. The molecule has 1 aromatic rings. The number of carbonyl (C=O) groups is 1. The number of hydrogen-bond acceptors (Lipinski definition) is 3. The van der Waals surface area contributed by atoms with Crippen LogP contribution < -0.4 is 5.32 Å². The van der Waals surface area contributed by atoms with E-state index in [-0.39, 0.29) is 11.9 Å². The van der Waals surface area contributed by atoms with Crippen molar-refractivity contribution in [3.8, 4) is 0 Å². The summed E-state index contributed by atoms with van der Waals surface area (Å²) in [6.45, 7) is 1.50. The fraction of sp³-hybridized carbons (Fsp3) is 0.611. The highest BCUT2D eigenvalue weighted by Gasteiger charge is 2.28. The summed E-state index contributed by atoms with van der Waals surface area (Å²) in [6, 6.07) is 8.17. The topological polar surface area (TPSA) is 41.6 Å². The predicted octanol–water partition coefficient (Wildman–Crippen LogP) is 3.18. The molecule has 1 aliphatic heterocycles. The molecule has 0 unspecified atom stereocenters. The number of nitrogens with zero attached hydrogens (tertiary/aromatic N) is 1. The summed E-state index contributed by atoms with van der Waals surface area (Å²) in [5.74, 6) is 0.184. The van der Waals surface area contributed by atoms with Crippen LogP contribution >= 0.6 is 0 Å². The van der Waals surface area contributed by atoms with Gasteiger partial charge in [0.25, 0.3) is 0 Å². The van der Waals surface area contributed by atoms with Crippen LogP contribution in [-0.4, -0.2) is 36.5 Å². The zero-order valence-corrected chi connectivity index (χ0v) is 13.4. The first-order chi connectivity index (χ1) is 10.7. The second-order valence-corrected chi connectivity index (χ2v) is 6.52. The van der Waals surface area contributed by atoms with Crippen molar-refractivity contribution in [1.29, 1.82) is 0 Å². The molecule has 3 rings (SSSR count). The molecule has 2 aliphatic rings. The number of nitrogens with one attached hydrogen (secondary N) is 1. The molecule has 1 heterocycles. The fourth-order valence-electron chi connectivity index (χ4n) is 3.35. The molecule has 1 saturated heterocycles. The Balaban J connectivity index is 1.54. The van der Waals surface area contributed by atoms with Gasteiger partial charge >= 0.3 is 0 Å². The van der Waals surface area contributed by atoms with Crippen LogP contribution in [0.25, 0.3) is 0 Å². The zero-order chi connectivity index (χ0) is 15.4. The van der Waals surface area contributed by atoms with E-state index in [0.29, 0.717) is 12.7 Å². The van der Waals surface area contributed by atoms with E-state index in [1.807, 2.05) is 19.2 Å². The number of benzene rings is 1. The lowest BCUT2D eigenvalue weighted by atomic mass is 9.98. The number of anilines is 1. The summed E-state index contributed by atoms with van der Waals surface area (Å²) < 4.78 is 6.03. The van der Waals surface area contributed by atoms with Gasteiger partial charge in [0.1, 0.15) is 6.04 Å². The minimum Gasteiger partial charge on any atom is -0.374 e. The molecule has 1 aliphatic carbocycles. The Morgan fingerprint density at radius 2 is 2.05 bits per heavy atom. The van der Waals surface area contributed by atoms with E-state index in [9.17, 15) is 4.79 Å². The lowest BCUT2D eigenvalue weighted by molar-refractivity contribution is -0.127. The summed E-state index contributed by atoms with van der Waals surface area (Å²) >= 11 is 0. The van der Waals surface area contributed by atoms with Crippen LogP contribution in [0.5, 0.6) is 0 Å². The second-order valence-electron chi connectivity index (χ2n) is 6.52. The van der Waals surface area contributed by atoms with E-state index in [4.69, 9.17) is 4.74 Å². The van der Waals surface area contributed by atoms with Crippen molar-refractivity contribution in [3.63, 3.8) is 0 Å². The molecule has 1 N–H and O–H groups in total. The lowest BCUT2D eigenvalue weighted by Gasteiger charge is -2.22. The standard InChI is InChI=1S/C18H26N2O2/c1-20-11-10-17(18(20)21)19-15-7-5-6-14(12-15)13-22-16-8-3-2-4-9-16/h5-7,12,16-17,19H,2-4,8-11,13H2,1H3/t17-/m0/s1. The van der Waals surface area contributed by atoms with Gasteiger partial charge in [-0.3, -0.25) is 4.79 Å². The number of likely N-dealkylation sites (N-methyl/N-ethyl adjacent to an activating group) is 1. The molecule has 0 radical (unpaired) electrons. The minimum absolute atomic E-state index is 0.0838. The Kier molecular flexibility index (Phi) is 4.98. The van der Waals surface area contributed by atoms with Crippen LogP contribution in [0.15, 0.2) is 24.3 Å². The normalized spacial score (nSPS) is 23.0. The number of likely N-dealkylation sites (tertiary alicyclic amines) is 1. The average Bonchev–Trinajstić information content (AvgIpc) is 2.86. The Morgan fingerprint density at radius 3 is 2.77 bits per heavy atom. The average molecular weight is 302 g/mol. The maximum Gasteiger partial charge on any atom is 0.244 e. The number of rotatable bonds is 5. The van der Waals surface area contributed by atoms with Crippen LogP contribution in [0.1, 0.15) is 44.1 Å². The minimum atomic E-state index is -0.0838. The molecule has 0 bridgehead atoms. The summed E-state index contributed by atoms with van der Waals surface area (Å²) in [6.07, 6.45) is 7.63. The van der Waals surface area contributed by atoms with E-state index in [1.165, 1.54) is 37.7 Å². The second kappa shape index (κ2) is 7.14. The predicted molar refractivity (Wildman–Crippen MR) is 87.8 cm³/mol. The van der Waals surface area contributed by atoms with Gasteiger partial charge in [-0.1, -0.05) is 31.4 Å². The van der Waals surface area contributed by atoms with Gasteiger partial charge in [-0.2, -0.15) is 0 Å². The van der Waals surface area contributed by atoms with E-state index in [1.54, 1.807) is 4.90 Å². The van der Waals surface area contributed by atoms with Gasteiger partial charge in [0, 0.05) is 19.3 Å². The molecule has 120 valence electrons. The van der Waals surface area contributed by atoms with E-state index >= 15 is 0 Å². The van der Waals surface area contributed by atoms with Crippen LogP contribution in [0.2, 0.25) is 0 Å². The summed E-state index contributed by atoms with van der Waals surface area (Å²) in [5, 5.41) is 3.35. The van der Waals surface area contributed by atoms with Crippen molar-refractivity contribution in [2.45, 2.75) is 57.3 Å². The molecule has 1 amide bonds. The molecule has 0 aromatic heterocycles. The summed E-state index contributed by atoms with van der Waals surface area (Å²) in [4.78, 5) is 13.8. The van der Waals surface area contributed by atoms with Gasteiger partial charge in [-0.05, 0) is 37.0 Å². The van der Waals surface area contributed by atoms with Gasteiger partial charge in [0.15, 0.2) is 0 Å². The van der Waals surface area contributed by atoms with Crippen LogP contribution in [0.4, 0.5) is 5.69 Å². The zero-order valence-electron chi connectivity index (χ0n) is 13.4. The highest BCUT2D eigenvalue weighted by molar-refractivity contribution is 5.86. The molecular formula is C18H26N2O2. The van der Waals surface area contributed by atoms with Gasteiger partial charge < -0.3 is 15.0 Å². The largest absolute Gasteiger partial charge is 0.374 e. The van der Waals surface area contributed by atoms with Crippen molar-refractivity contribution in [1.82, 2.24) is 4.90 Å². The quantitative estimate of drug-likeness (QED) is 0.908. The molecule has 1 aromatic carbocycles. The Bertz CT molecular complexity index is 512. The summed E-state index contributed by atoms with van der Waals surface area (Å²) in [7, 11) is 1.86. The van der Waals surface area contributed by atoms with Crippen LogP contribution in [0, 0.1) is 0 Å². The van der Waals surface area contributed by atoms with Crippen molar-refractivity contribution in [3.05, 3.63) is 29.8 Å². The Labute approximate surface area is 132 Å².